The fourth-order valence-corrected chi connectivity index (χ4v) is 4.25. The highest BCUT2D eigenvalue weighted by atomic mass is 35.7. The van der Waals surface area contributed by atoms with E-state index in [1.54, 1.807) is 6.07 Å². The molecule has 0 spiro atoms. The Hall–Kier alpha value is -0.630. The van der Waals surface area contributed by atoms with Gasteiger partial charge in [0.1, 0.15) is 4.21 Å². The number of hydrogen-bond acceptors (Lipinski definition) is 5. The summed E-state index contributed by atoms with van der Waals surface area (Å²) < 4.78 is 27.9. The van der Waals surface area contributed by atoms with Crippen LogP contribution in [0.15, 0.2) is 16.3 Å². The zero-order valence-electron chi connectivity index (χ0n) is 11.5. The summed E-state index contributed by atoms with van der Waals surface area (Å²) in [4.78, 5) is 12.5. The van der Waals surface area contributed by atoms with Crippen molar-refractivity contribution in [3.63, 3.8) is 0 Å². The Balaban J connectivity index is 1.72. The lowest BCUT2D eigenvalue weighted by Gasteiger charge is -2.22. The van der Waals surface area contributed by atoms with Gasteiger partial charge in [0, 0.05) is 28.6 Å². The second kappa shape index (κ2) is 7.58. The third kappa shape index (κ3) is 5.58. The summed E-state index contributed by atoms with van der Waals surface area (Å²) in [6.07, 6.45) is 4.65. The maximum Gasteiger partial charge on any atom is 0.270 e. The molecule has 5 nitrogen and oxygen atoms in total. The average molecular weight is 352 g/mol. The number of nitrogens with one attached hydrogen (secondary N) is 1. The smallest absolute Gasteiger partial charge is 0.270 e. The van der Waals surface area contributed by atoms with Crippen molar-refractivity contribution in [1.29, 1.82) is 0 Å². The lowest BCUT2D eigenvalue weighted by molar-refractivity contribution is -0.122. The van der Waals surface area contributed by atoms with Crippen LogP contribution in [0.25, 0.3) is 0 Å². The van der Waals surface area contributed by atoms with Gasteiger partial charge in [-0.3, -0.25) is 4.79 Å². The number of rotatable bonds is 6. The van der Waals surface area contributed by atoms with Gasteiger partial charge in [-0.25, -0.2) is 8.42 Å². The van der Waals surface area contributed by atoms with Crippen molar-refractivity contribution in [2.24, 2.45) is 0 Å². The molecular weight excluding hydrogens is 334 g/mol. The van der Waals surface area contributed by atoms with E-state index in [9.17, 15) is 13.2 Å². The Kier molecular flexibility index (Phi) is 6.04. The van der Waals surface area contributed by atoms with Crippen molar-refractivity contribution in [3.8, 4) is 0 Å². The van der Waals surface area contributed by atoms with Gasteiger partial charge in [0.2, 0.25) is 5.91 Å². The first-order valence-corrected chi connectivity index (χ1v) is 9.99. The van der Waals surface area contributed by atoms with Gasteiger partial charge in [0.15, 0.2) is 0 Å². The molecule has 1 unspecified atom stereocenters. The molecule has 1 amide bonds. The van der Waals surface area contributed by atoms with E-state index in [0.29, 0.717) is 13.0 Å². The zero-order valence-corrected chi connectivity index (χ0v) is 13.9. The van der Waals surface area contributed by atoms with Crippen LogP contribution in [-0.4, -0.2) is 27.0 Å². The quantitative estimate of drug-likeness (QED) is 0.800. The van der Waals surface area contributed by atoms with Gasteiger partial charge in [-0.05, 0) is 37.8 Å². The van der Waals surface area contributed by atoms with E-state index in [1.807, 2.05) is 0 Å². The van der Waals surface area contributed by atoms with Gasteiger partial charge < -0.3 is 10.1 Å². The summed E-state index contributed by atoms with van der Waals surface area (Å²) in [5.41, 5.74) is 0. The molecule has 21 heavy (non-hydrogen) atoms. The third-order valence-electron chi connectivity index (χ3n) is 3.30. The monoisotopic (exact) mass is 351 g/mol. The number of halogens is 1. The first-order valence-electron chi connectivity index (χ1n) is 6.87. The van der Waals surface area contributed by atoms with E-state index in [-0.39, 0.29) is 16.2 Å². The molecule has 1 aliphatic heterocycles. The maximum absolute atomic E-state index is 11.8. The Morgan fingerprint density at radius 3 is 2.86 bits per heavy atom. The van der Waals surface area contributed by atoms with Gasteiger partial charge in [-0.15, -0.1) is 11.3 Å². The molecule has 1 N–H and O–H groups in total. The van der Waals surface area contributed by atoms with Crippen molar-refractivity contribution in [1.82, 2.24) is 5.32 Å². The van der Waals surface area contributed by atoms with Gasteiger partial charge in [-0.1, -0.05) is 0 Å². The summed E-state index contributed by atoms with van der Waals surface area (Å²) in [6, 6.07) is 3.11. The number of carbonyl (C=O) groups excluding carboxylic acids is 1. The molecule has 1 aromatic heterocycles. The molecule has 8 heteroatoms. The van der Waals surface area contributed by atoms with Crippen LogP contribution in [0.1, 0.15) is 37.0 Å². The highest BCUT2D eigenvalue weighted by molar-refractivity contribution is 8.15. The van der Waals surface area contributed by atoms with Crippen LogP contribution in [-0.2, 0) is 25.1 Å². The maximum atomic E-state index is 11.8. The topological polar surface area (TPSA) is 72.5 Å². The second-order valence-electron chi connectivity index (χ2n) is 4.96. The molecule has 1 saturated heterocycles. The molecule has 1 aromatic rings. The van der Waals surface area contributed by atoms with Gasteiger partial charge in [0.05, 0.1) is 12.6 Å². The molecule has 0 bridgehead atoms. The third-order valence-corrected chi connectivity index (χ3v) is 6.48. The summed E-state index contributed by atoms with van der Waals surface area (Å²) in [6.45, 7) is 1.11. The van der Waals surface area contributed by atoms with Crippen LogP contribution < -0.4 is 5.32 Å². The largest absolute Gasteiger partial charge is 0.378 e. The van der Waals surface area contributed by atoms with Gasteiger partial charge in [0.25, 0.3) is 9.05 Å². The number of hydrogen-bond donors (Lipinski definition) is 1. The Bertz CT molecular complexity index is 579. The van der Waals surface area contributed by atoms with Crippen molar-refractivity contribution in [2.75, 3.05) is 6.61 Å². The van der Waals surface area contributed by atoms with Crippen LogP contribution in [0, 0.1) is 0 Å². The Morgan fingerprint density at radius 2 is 2.24 bits per heavy atom. The van der Waals surface area contributed by atoms with Crippen LogP contribution in [0.5, 0.6) is 0 Å². The van der Waals surface area contributed by atoms with Crippen molar-refractivity contribution in [2.45, 2.75) is 49.0 Å². The van der Waals surface area contributed by atoms with E-state index >= 15 is 0 Å². The van der Waals surface area contributed by atoms with E-state index in [1.165, 1.54) is 6.07 Å². The van der Waals surface area contributed by atoms with E-state index in [4.69, 9.17) is 15.4 Å². The van der Waals surface area contributed by atoms with Crippen LogP contribution in [0.2, 0.25) is 0 Å². The highest BCUT2D eigenvalue weighted by Crippen LogP contribution is 2.24. The number of ether oxygens (including phenoxy) is 1. The molecule has 0 aromatic carbocycles. The number of thiophene rings is 1. The summed E-state index contributed by atoms with van der Waals surface area (Å²) >= 11 is 1.07. The van der Waals surface area contributed by atoms with Crippen molar-refractivity contribution >= 4 is 37.0 Å². The number of carbonyl (C=O) groups is 1. The minimum atomic E-state index is -3.68. The van der Waals surface area contributed by atoms with Crippen LogP contribution in [0.4, 0.5) is 0 Å². The average Bonchev–Trinajstić information content (AvgIpc) is 2.93. The fourth-order valence-electron chi connectivity index (χ4n) is 2.19. The highest BCUT2D eigenvalue weighted by Gasteiger charge is 2.16. The Morgan fingerprint density at radius 1 is 1.43 bits per heavy atom. The lowest BCUT2D eigenvalue weighted by Crippen LogP contribution is -2.25. The molecule has 2 heterocycles. The van der Waals surface area contributed by atoms with Crippen molar-refractivity contribution in [3.05, 3.63) is 17.0 Å². The zero-order chi connectivity index (χ0) is 15.3. The van der Waals surface area contributed by atoms with Gasteiger partial charge in [-0.2, -0.15) is 0 Å². The molecule has 0 saturated carbocycles. The SMILES string of the molecule is O=C(CCC1CCCCO1)NCc1ccc(S(=O)(=O)Cl)s1. The van der Waals surface area contributed by atoms with Crippen molar-refractivity contribution < 1.29 is 17.9 Å². The minimum absolute atomic E-state index is 0.0483. The fraction of sp³-hybridized carbons (Fsp3) is 0.615. The number of amides is 1. The van der Waals surface area contributed by atoms with E-state index < -0.39 is 9.05 Å². The molecular formula is C13H18ClNO4S2. The first kappa shape index (κ1) is 16.7. The molecule has 1 aliphatic rings. The molecule has 2 rings (SSSR count). The van der Waals surface area contributed by atoms with E-state index in [2.05, 4.69) is 5.32 Å². The summed E-state index contributed by atoms with van der Waals surface area (Å²) in [5.74, 6) is -0.0483. The Labute approximate surface area is 133 Å². The summed E-state index contributed by atoms with van der Waals surface area (Å²) in [5, 5.41) is 2.78. The minimum Gasteiger partial charge on any atom is -0.378 e. The molecule has 1 atom stereocenters. The standard InChI is InChI=1S/C13H18ClNO4S2/c14-21(17,18)13-7-5-11(20-13)9-15-12(16)6-4-10-3-1-2-8-19-10/h5,7,10H,1-4,6,8-9H2,(H,15,16). The molecule has 1 fully saturated rings. The predicted octanol–water partition coefficient (Wildman–Crippen LogP) is 2.64. The molecule has 118 valence electrons. The van der Waals surface area contributed by atoms with Crippen LogP contribution in [0.3, 0.4) is 0 Å². The van der Waals surface area contributed by atoms with Gasteiger partial charge >= 0.3 is 0 Å². The lowest BCUT2D eigenvalue weighted by atomic mass is 10.0. The predicted molar refractivity (Wildman–Crippen MR) is 82.0 cm³/mol. The molecule has 0 aliphatic carbocycles. The summed E-state index contributed by atoms with van der Waals surface area (Å²) in [7, 11) is 1.57. The first-order chi connectivity index (χ1) is 9.95. The second-order valence-corrected chi connectivity index (χ2v) is 8.92. The van der Waals surface area contributed by atoms with E-state index in [0.717, 1.165) is 48.5 Å². The molecule has 0 radical (unpaired) electrons. The normalized spacial score (nSPS) is 19.4. The van der Waals surface area contributed by atoms with Crippen LogP contribution >= 0.6 is 22.0 Å².